The lowest BCUT2D eigenvalue weighted by Crippen LogP contribution is -2.50. The van der Waals surface area contributed by atoms with E-state index in [4.69, 9.17) is 0 Å². The van der Waals surface area contributed by atoms with Gasteiger partial charge in [0, 0.05) is 49.0 Å². The standard InChI is InChI=1S/C21H22N2O2S/c24-20(9-8-16-5-2-1-3-6-16)22-10-12-23(13-11-22)21(25)18-15-17(18)19-7-4-14-26-19/h1-9,14,17-18H,10-13,15H2/b9-8+/t17-,18-/m0/s1. The van der Waals surface area contributed by atoms with Crippen LogP contribution >= 0.6 is 11.3 Å². The molecule has 1 saturated heterocycles. The Morgan fingerprint density at radius 2 is 1.69 bits per heavy atom. The summed E-state index contributed by atoms with van der Waals surface area (Å²) in [5.74, 6) is 0.837. The first-order valence-corrected chi connectivity index (χ1v) is 9.94. The highest BCUT2D eigenvalue weighted by Crippen LogP contribution is 2.50. The highest BCUT2D eigenvalue weighted by Gasteiger charge is 2.46. The molecule has 2 aromatic rings. The van der Waals surface area contributed by atoms with E-state index in [0.29, 0.717) is 32.1 Å². The number of carbonyl (C=O) groups is 2. The van der Waals surface area contributed by atoms with E-state index in [0.717, 1.165) is 12.0 Å². The van der Waals surface area contributed by atoms with Gasteiger partial charge in [-0.05, 0) is 29.5 Å². The molecule has 0 radical (unpaired) electrons. The fraction of sp³-hybridized carbons (Fsp3) is 0.333. The first-order valence-electron chi connectivity index (χ1n) is 9.06. The van der Waals surface area contributed by atoms with Gasteiger partial charge >= 0.3 is 0 Å². The van der Waals surface area contributed by atoms with E-state index in [1.807, 2.05) is 52.3 Å². The van der Waals surface area contributed by atoms with Gasteiger partial charge in [-0.2, -0.15) is 0 Å². The number of hydrogen-bond donors (Lipinski definition) is 0. The fourth-order valence-electron chi connectivity index (χ4n) is 3.50. The van der Waals surface area contributed by atoms with Crippen molar-refractivity contribution < 1.29 is 9.59 Å². The molecule has 2 heterocycles. The van der Waals surface area contributed by atoms with Gasteiger partial charge in [0.25, 0.3) is 0 Å². The molecule has 1 aromatic carbocycles. The number of piperazine rings is 1. The van der Waals surface area contributed by atoms with Crippen LogP contribution in [0.4, 0.5) is 0 Å². The lowest BCUT2D eigenvalue weighted by Gasteiger charge is -2.34. The maximum Gasteiger partial charge on any atom is 0.246 e. The van der Waals surface area contributed by atoms with E-state index >= 15 is 0 Å². The van der Waals surface area contributed by atoms with Gasteiger partial charge in [-0.3, -0.25) is 9.59 Å². The van der Waals surface area contributed by atoms with Crippen molar-refractivity contribution in [2.75, 3.05) is 26.2 Å². The number of amides is 2. The summed E-state index contributed by atoms with van der Waals surface area (Å²) in [5.41, 5.74) is 1.02. The average molecular weight is 366 g/mol. The Morgan fingerprint density at radius 1 is 0.962 bits per heavy atom. The maximum absolute atomic E-state index is 12.7. The van der Waals surface area contributed by atoms with Gasteiger partial charge in [-0.15, -0.1) is 11.3 Å². The molecular formula is C21H22N2O2S. The summed E-state index contributed by atoms with van der Waals surface area (Å²) in [7, 11) is 0. The number of nitrogens with zero attached hydrogens (tertiary/aromatic N) is 2. The van der Waals surface area contributed by atoms with Crippen LogP contribution in [-0.4, -0.2) is 47.8 Å². The topological polar surface area (TPSA) is 40.6 Å². The number of hydrogen-bond acceptors (Lipinski definition) is 3. The van der Waals surface area contributed by atoms with Gasteiger partial charge in [0.1, 0.15) is 0 Å². The number of rotatable bonds is 4. The van der Waals surface area contributed by atoms with Crippen molar-refractivity contribution in [3.05, 3.63) is 64.4 Å². The third-order valence-electron chi connectivity index (χ3n) is 5.14. The maximum atomic E-state index is 12.7. The molecule has 0 bridgehead atoms. The van der Waals surface area contributed by atoms with Crippen LogP contribution in [0.15, 0.2) is 53.9 Å². The van der Waals surface area contributed by atoms with E-state index in [9.17, 15) is 9.59 Å². The van der Waals surface area contributed by atoms with Gasteiger partial charge in [0.2, 0.25) is 11.8 Å². The molecule has 2 fully saturated rings. The minimum Gasteiger partial charge on any atom is -0.339 e. The van der Waals surface area contributed by atoms with Crippen LogP contribution < -0.4 is 0 Å². The smallest absolute Gasteiger partial charge is 0.246 e. The number of carbonyl (C=O) groups excluding carboxylic acids is 2. The molecule has 0 spiro atoms. The molecule has 5 heteroatoms. The Kier molecular flexibility index (Phi) is 4.89. The van der Waals surface area contributed by atoms with Crippen molar-refractivity contribution in [2.45, 2.75) is 12.3 Å². The van der Waals surface area contributed by atoms with Gasteiger partial charge in [0.05, 0.1) is 0 Å². The van der Waals surface area contributed by atoms with E-state index in [1.54, 1.807) is 17.4 Å². The second-order valence-corrected chi connectivity index (χ2v) is 7.84. The van der Waals surface area contributed by atoms with Gasteiger partial charge in [-0.1, -0.05) is 36.4 Å². The fourth-order valence-corrected chi connectivity index (χ4v) is 4.41. The summed E-state index contributed by atoms with van der Waals surface area (Å²) in [6, 6.07) is 14.0. The van der Waals surface area contributed by atoms with Crippen molar-refractivity contribution in [2.24, 2.45) is 5.92 Å². The van der Waals surface area contributed by atoms with Crippen molar-refractivity contribution >= 4 is 29.2 Å². The highest BCUT2D eigenvalue weighted by molar-refractivity contribution is 7.10. The molecule has 4 nitrogen and oxygen atoms in total. The minimum absolute atomic E-state index is 0.0174. The quantitative estimate of drug-likeness (QED) is 0.780. The van der Waals surface area contributed by atoms with Gasteiger partial charge in [0.15, 0.2) is 0 Å². The second kappa shape index (κ2) is 7.46. The zero-order chi connectivity index (χ0) is 17.9. The van der Waals surface area contributed by atoms with Crippen LogP contribution in [-0.2, 0) is 9.59 Å². The zero-order valence-electron chi connectivity index (χ0n) is 14.6. The monoisotopic (exact) mass is 366 g/mol. The lowest BCUT2D eigenvalue weighted by molar-refractivity contribution is -0.138. The number of thiophene rings is 1. The lowest BCUT2D eigenvalue weighted by atomic mass is 10.2. The Bertz CT molecular complexity index is 793. The SMILES string of the molecule is O=C(/C=C/c1ccccc1)N1CCN(C(=O)[C@H]2C[C@@H]2c2cccs2)CC1. The summed E-state index contributed by atoms with van der Waals surface area (Å²) in [5, 5.41) is 2.07. The van der Waals surface area contributed by atoms with Crippen LogP contribution in [0.5, 0.6) is 0 Å². The van der Waals surface area contributed by atoms with Crippen LogP contribution in [0.2, 0.25) is 0 Å². The molecule has 26 heavy (non-hydrogen) atoms. The second-order valence-electron chi connectivity index (χ2n) is 6.86. The molecule has 2 aliphatic rings. The molecule has 0 unspecified atom stereocenters. The molecule has 2 amide bonds. The predicted octanol–water partition coefficient (Wildman–Crippen LogP) is 3.24. The van der Waals surface area contributed by atoms with Gasteiger partial charge < -0.3 is 9.80 Å². The number of benzene rings is 1. The van der Waals surface area contributed by atoms with Crippen LogP contribution in [0.3, 0.4) is 0 Å². The summed E-state index contributed by atoms with van der Waals surface area (Å²) in [4.78, 5) is 30.1. The first kappa shape index (κ1) is 17.0. The highest BCUT2D eigenvalue weighted by atomic mass is 32.1. The molecule has 2 atom stereocenters. The van der Waals surface area contributed by atoms with Crippen LogP contribution in [0.25, 0.3) is 6.08 Å². The molecular weight excluding hydrogens is 344 g/mol. The van der Waals surface area contributed by atoms with Crippen LogP contribution in [0.1, 0.15) is 22.8 Å². The molecule has 1 aromatic heterocycles. The van der Waals surface area contributed by atoms with E-state index in [2.05, 4.69) is 11.4 Å². The summed E-state index contributed by atoms with van der Waals surface area (Å²) in [6.45, 7) is 2.50. The van der Waals surface area contributed by atoms with Crippen LogP contribution in [0, 0.1) is 5.92 Å². The normalized spacial score (nSPS) is 22.6. The molecule has 0 N–H and O–H groups in total. The minimum atomic E-state index is 0.0174. The largest absolute Gasteiger partial charge is 0.339 e. The van der Waals surface area contributed by atoms with Crippen molar-refractivity contribution in [3.63, 3.8) is 0 Å². The Balaban J connectivity index is 1.27. The zero-order valence-corrected chi connectivity index (χ0v) is 15.4. The van der Waals surface area contributed by atoms with Gasteiger partial charge in [-0.25, -0.2) is 0 Å². The Hall–Kier alpha value is -2.40. The summed E-state index contributed by atoms with van der Waals surface area (Å²) < 4.78 is 0. The van der Waals surface area contributed by atoms with E-state index in [1.165, 1.54) is 4.88 Å². The van der Waals surface area contributed by atoms with Crippen molar-refractivity contribution in [1.29, 1.82) is 0 Å². The molecule has 4 rings (SSSR count). The van der Waals surface area contributed by atoms with E-state index < -0.39 is 0 Å². The molecule has 134 valence electrons. The van der Waals surface area contributed by atoms with Crippen molar-refractivity contribution in [3.8, 4) is 0 Å². The van der Waals surface area contributed by atoms with E-state index in [-0.39, 0.29) is 17.7 Å². The molecule has 1 saturated carbocycles. The first-order chi connectivity index (χ1) is 12.7. The van der Waals surface area contributed by atoms with Crippen molar-refractivity contribution in [1.82, 2.24) is 9.80 Å². The Labute approximate surface area is 157 Å². The molecule has 1 aliphatic carbocycles. The third-order valence-corrected chi connectivity index (χ3v) is 6.14. The average Bonchev–Trinajstić information content (AvgIpc) is 3.31. The summed E-state index contributed by atoms with van der Waals surface area (Å²) >= 11 is 1.74. The third kappa shape index (κ3) is 3.73. The summed E-state index contributed by atoms with van der Waals surface area (Å²) in [6.07, 6.45) is 4.44. The Morgan fingerprint density at radius 3 is 2.38 bits per heavy atom. The predicted molar refractivity (Wildman–Crippen MR) is 104 cm³/mol. The molecule has 1 aliphatic heterocycles.